The van der Waals surface area contributed by atoms with Gasteiger partial charge in [0.2, 0.25) is 0 Å². The minimum atomic E-state index is -0.205. The Morgan fingerprint density at radius 2 is 1.79 bits per heavy atom. The minimum Gasteiger partial charge on any atom is -0.309 e. The molecule has 3 rings (SSSR count). The van der Waals surface area contributed by atoms with Crippen LogP contribution in [0.4, 0.5) is 4.39 Å². The van der Waals surface area contributed by atoms with E-state index < -0.39 is 0 Å². The summed E-state index contributed by atoms with van der Waals surface area (Å²) in [5.74, 6) is -0.205. The third kappa shape index (κ3) is 2.88. The summed E-state index contributed by atoms with van der Waals surface area (Å²) in [6.45, 7) is 0.763. The first-order chi connectivity index (χ1) is 9.22. The molecule has 0 bridgehead atoms. The van der Waals surface area contributed by atoms with Crippen LogP contribution in [0.2, 0.25) is 0 Å². The zero-order valence-electron chi connectivity index (χ0n) is 10.5. The van der Waals surface area contributed by atoms with Crippen LogP contribution in [-0.4, -0.2) is 6.04 Å². The Morgan fingerprint density at radius 1 is 1.11 bits per heavy atom. The molecule has 0 atom stereocenters. The second kappa shape index (κ2) is 5.43. The Balaban J connectivity index is 1.63. The molecule has 1 aliphatic carbocycles. The highest BCUT2D eigenvalue weighted by Crippen LogP contribution is 2.23. The second-order valence-electron chi connectivity index (χ2n) is 4.99. The van der Waals surface area contributed by atoms with Crippen molar-refractivity contribution in [2.24, 2.45) is 0 Å². The predicted octanol–water partition coefficient (Wildman–Crippen LogP) is 3.85. The van der Waals surface area contributed by atoms with Crippen LogP contribution in [0.5, 0.6) is 0 Å². The van der Waals surface area contributed by atoms with E-state index in [-0.39, 0.29) is 5.82 Å². The van der Waals surface area contributed by atoms with Gasteiger partial charge in [-0.3, -0.25) is 0 Å². The number of nitrogens with one attached hydrogen (secondary N) is 1. The molecule has 0 radical (unpaired) electrons. The molecular formula is C16H15BrFN. The van der Waals surface area contributed by atoms with Gasteiger partial charge in [0, 0.05) is 17.1 Å². The summed E-state index contributed by atoms with van der Waals surface area (Å²) in [6, 6.07) is 13.9. The molecule has 0 amide bonds. The van der Waals surface area contributed by atoms with Gasteiger partial charge in [0.05, 0.1) is 0 Å². The standard InChI is InChI=1S/C16H15BrFN/c17-16-9-14(18)6-5-13(16)10-19-15-7-11-3-1-2-4-12(11)8-15/h1-6,9,15,19H,7-8,10H2. The maximum atomic E-state index is 13.0. The lowest BCUT2D eigenvalue weighted by Gasteiger charge is -2.13. The van der Waals surface area contributed by atoms with Crippen molar-refractivity contribution in [2.75, 3.05) is 0 Å². The quantitative estimate of drug-likeness (QED) is 0.906. The second-order valence-corrected chi connectivity index (χ2v) is 5.84. The van der Waals surface area contributed by atoms with Crippen LogP contribution in [0, 0.1) is 5.82 Å². The molecule has 1 N–H and O–H groups in total. The summed E-state index contributed by atoms with van der Waals surface area (Å²) in [5.41, 5.74) is 3.98. The highest BCUT2D eigenvalue weighted by atomic mass is 79.9. The first-order valence-electron chi connectivity index (χ1n) is 6.46. The lowest BCUT2D eigenvalue weighted by atomic mass is 10.1. The maximum Gasteiger partial charge on any atom is 0.124 e. The van der Waals surface area contributed by atoms with Gasteiger partial charge in [0.1, 0.15) is 5.82 Å². The normalized spacial score (nSPS) is 14.6. The Labute approximate surface area is 121 Å². The van der Waals surface area contributed by atoms with E-state index in [1.807, 2.05) is 6.07 Å². The van der Waals surface area contributed by atoms with Gasteiger partial charge in [0.15, 0.2) is 0 Å². The summed E-state index contributed by atoms with van der Waals surface area (Å²) in [5, 5.41) is 3.55. The van der Waals surface area contributed by atoms with Crippen molar-refractivity contribution in [1.82, 2.24) is 5.32 Å². The van der Waals surface area contributed by atoms with Crippen LogP contribution in [-0.2, 0) is 19.4 Å². The highest BCUT2D eigenvalue weighted by molar-refractivity contribution is 9.10. The van der Waals surface area contributed by atoms with E-state index in [1.54, 1.807) is 0 Å². The van der Waals surface area contributed by atoms with E-state index in [9.17, 15) is 4.39 Å². The van der Waals surface area contributed by atoms with Gasteiger partial charge in [0.25, 0.3) is 0 Å². The van der Waals surface area contributed by atoms with Gasteiger partial charge >= 0.3 is 0 Å². The van der Waals surface area contributed by atoms with Gasteiger partial charge in [-0.2, -0.15) is 0 Å². The van der Waals surface area contributed by atoms with Gasteiger partial charge in [-0.05, 0) is 41.7 Å². The fourth-order valence-corrected chi connectivity index (χ4v) is 3.11. The van der Waals surface area contributed by atoms with Crippen molar-refractivity contribution in [3.8, 4) is 0 Å². The van der Waals surface area contributed by atoms with E-state index in [0.29, 0.717) is 6.04 Å². The molecule has 0 spiro atoms. The molecule has 0 unspecified atom stereocenters. The van der Waals surface area contributed by atoms with Crippen LogP contribution >= 0.6 is 15.9 Å². The Morgan fingerprint density at radius 3 is 2.42 bits per heavy atom. The molecule has 19 heavy (non-hydrogen) atoms. The van der Waals surface area contributed by atoms with Gasteiger partial charge in [-0.15, -0.1) is 0 Å². The minimum absolute atomic E-state index is 0.205. The smallest absolute Gasteiger partial charge is 0.124 e. The van der Waals surface area contributed by atoms with Crippen molar-refractivity contribution in [1.29, 1.82) is 0 Å². The van der Waals surface area contributed by atoms with Crippen LogP contribution in [0.15, 0.2) is 46.9 Å². The van der Waals surface area contributed by atoms with Crippen molar-refractivity contribution < 1.29 is 4.39 Å². The van der Waals surface area contributed by atoms with Crippen LogP contribution in [0.3, 0.4) is 0 Å². The van der Waals surface area contributed by atoms with Crippen molar-refractivity contribution in [2.45, 2.75) is 25.4 Å². The number of fused-ring (bicyclic) bond motifs is 1. The molecule has 2 aromatic carbocycles. The number of hydrogen-bond donors (Lipinski definition) is 1. The summed E-state index contributed by atoms with van der Waals surface area (Å²) < 4.78 is 13.8. The number of halogens is 2. The third-order valence-electron chi connectivity index (χ3n) is 3.65. The molecule has 0 saturated heterocycles. The van der Waals surface area contributed by atoms with E-state index in [2.05, 4.69) is 45.5 Å². The lowest BCUT2D eigenvalue weighted by Crippen LogP contribution is -2.29. The molecule has 1 aliphatic rings. The van der Waals surface area contributed by atoms with Crippen molar-refractivity contribution >= 4 is 15.9 Å². The number of rotatable bonds is 3. The molecule has 0 fully saturated rings. The summed E-state index contributed by atoms with van der Waals surface area (Å²) >= 11 is 3.40. The lowest BCUT2D eigenvalue weighted by molar-refractivity contribution is 0.531. The van der Waals surface area contributed by atoms with E-state index >= 15 is 0 Å². The molecule has 98 valence electrons. The first kappa shape index (κ1) is 12.8. The van der Waals surface area contributed by atoms with Crippen LogP contribution in [0.1, 0.15) is 16.7 Å². The molecule has 3 heteroatoms. The topological polar surface area (TPSA) is 12.0 Å². The summed E-state index contributed by atoms with van der Waals surface area (Å²) in [6.07, 6.45) is 2.16. The molecule has 1 nitrogen and oxygen atoms in total. The highest BCUT2D eigenvalue weighted by Gasteiger charge is 2.20. The first-order valence-corrected chi connectivity index (χ1v) is 7.26. The molecule has 0 saturated carbocycles. The largest absolute Gasteiger partial charge is 0.309 e. The average molecular weight is 320 g/mol. The zero-order valence-corrected chi connectivity index (χ0v) is 12.1. The zero-order chi connectivity index (χ0) is 13.2. The fraction of sp³-hybridized carbons (Fsp3) is 0.250. The fourth-order valence-electron chi connectivity index (χ4n) is 2.62. The number of hydrogen-bond acceptors (Lipinski definition) is 1. The Bertz CT molecular complexity index is 572. The van der Waals surface area contributed by atoms with Crippen molar-refractivity contribution in [3.05, 3.63) is 69.4 Å². The van der Waals surface area contributed by atoms with E-state index in [1.165, 1.54) is 23.3 Å². The summed E-state index contributed by atoms with van der Waals surface area (Å²) in [4.78, 5) is 0. The van der Waals surface area contributed by atoms with Crippen LogP contribution in [0.25, 0.3) is 0 Å². The summed E-state index contributed by atoms with van der Waals surface area (Å²) in [7, 11) is 0. The third-order valence-corrected chi connectivity index (χ3v) is 4.39. The maximum absolute atomic E-state index is 13.0. The monoisotopic (exact) mass is 319 g/mol. The van der Waals surface area contributed by atoms with E-state index in [0.717, 1.165) is 29.4 Å². The molecule has 0 heterocycles. The Hall–Kier alpha value is -1.19. The average Bonchev–Trinajstić information content (AvgIpc) is 2.80. The van der Waals surface area contributed by atoms with Gasteiger partial charge in [-0.25, -0.2) is 4.39 Å². The van der Waals surface area contributed by atoms with Gasteiger partial charge in [-0.1, -0.05) is 46.3 Å². The predicted molar refractivity (Wildman–Crippen MR) is 78.6 cm³/mol. The Kier molecular flexibility index (Phi) is 3.67. The molecule has 0 aromatic heterocycles. The van der Waals surface area contributed by atoms with Crippen molar-refractivity contribution in [3.63, 3.8) is 0 Å². The molecular weight excluding hydrogens is 305 g/mol. The van der Waals surface area contributed by atoms with Gasteiger partial charge < -0.3 is 5.32 Å². The molecule has 0 aliphatic heterocycles. The number of benzene rings is 2. The van der Waals surface area contributed by atoms with E-state index in [4.69, 9.17) is 0 Å². The molecule has 2 aromatic rings. The SMILES string of the molecule is Fc1ccc(CNC2Cc3ccccc3C2)c(Br)c1. The van der Waals surface area contributed by atoms with Crippen LogP contribution < -0.4 is 5.32 Å².